The maximum absolute atomic E-state index is 6.55. The number of fused-ring (bicyclic) bond motifs is 1. The highest BCUT2D eigenvalue weighted by Crippen LogP contribution is 2.34. The first kappa shape index (κ1) is 12.2. The first-order valence-corrected chi connectivity index (χ1v) is 7.76. The average Bonchev–Trinajstić information content (AvgIpc) is 2.90. The summed E-state index contributed by atoms with van der Waals surface area (Å²) in [4.78, 5) is 5.73. The lowest BCUT2D eigenvalue weighted by molar-refractivity contribution is 0.227. The van der Waals surface area contributed by atoms with E-state index in [-0.39, 0.29) is 5.54 Å². The zero-order chi connectivity index (χ0) is 12.6. The molecular formula is C14H21N3S. The summed E-state index contributed by atoms with van der Waals surface area (Å²) in [6.07, 6.45) is 11.3. The van der Waals surface area contributed by atoms with Crippen molar-refractivity contribution in [3.05, 3.63) is 23.5 Å². The van der Waals surface area contributed by atoms with Gasteiger partial charge in [0.1, 0.15) is 0 Å². The normalized spacial score (nSPS) is 28.9. The van der Waals surface area contributed by atoms with Crippen LogP contribution in [0, 0.1) is 5.92 Å². The van der Waals surface area contributed by atoms with Gasteiger partial charge < -0.3 is 5.73 Å². The molecule has 0 atom stereocenters. The number of imidazole rings is 1. The Morgan fingerprint density at radius 3 is 2.94 bits per heavy atom. The first-order chi connectivity index (χ1) is 8.68. The van der Waals surface area contributed by atoms with Crippen LogP contribution in [0.5, 0.6) is 0 Å². The van der Waals surface area contributed by atoms with Crippen LogP contribution in [0.25, 0.3) is 4.96 Å². The molecule has 1 aliphatic carbocycles. The Kier molecular flexibility index (Phi) is 3.16. The van der Waals surface area contributed by atoms with Crippen LogP contribution in [0.1, 0.15) is 44.7 Å². The quantitative estimate of drug-likeness (QED) is 0.924. The lowest BCUT2D eigenvalue weighted by atomic mass is 9.74. The van der Waals surface area contributed by atoms with Gasteiger partial charge in [-0.15, -0.1) is 11.3 Å². The zero-order valence-electron chi connectivity index (χ0n) is 10.9. The Balaban J connectivity index is 1.70. The number of nitrogens with two attached hydrogens (primary N) is 1. The molecule has 2 heterocycles. The number of hydrogen-bond acceptors (Lipinski definition) is 3. The van der Waals surface area contributed by atoms with Gasteiger partial charge in [0.15, 0.2) is 4.96 Å². The van der Waals surface area contributed by atoms with Gasteiger partial charge in [-0.3, -0.25) is 4.40 Å². The van der Waals surface area contributed by atoms with Gasteiger partial charge in [-0.2, -0.15) is 0 Å². The summed E-state index contributed by atoms with van der Waals surface area (Å²) in [7, 11) is 0. The Morgan fingerprint density at radius 2 is 2.28 bits per heavy atom. The molecule has 0 amide bonds. The van der Waals surface area contributed by atoms with Gasteiger partial charge in [-0.05, 0) is 31.6 Å². The summed E-state index contributed by atoms with van der Waals surface area (Å²) in [5.74, 6) is 0.896. The lowest BCUT2D eigenvalue weighted by Crippen LogP contribution is -2.45. The molecule has 18 heavy (non-hydrogen) atoms. The minimum atomic E-state index is -0.0182. The van der Waals surface area contributed by atoms with Crippen molar-refractivity contribution < 1.29 is 0 Å². The van der Waals surface area contributed by atoms with Crippen molar-refractivity contribution in [2.45, 2.75) is 51.0 Å². The highest BCUT2D eigenvalue weighted by molar-refractivity contribution is 7.15. The molecule has 0 saturated heterocycles. The fraction of sp³-hybridized carbons (Fsp3) is 0.643. The summed E-state index contributed by atoms with van der Waals surface area (Å²) in [6, 6.07) is 0. The van der Waals surface area contributed by atoms with Crippen LogP contribution in [0.4, 0.5) is 0 Å². The molecule has 1 aliphatic rings. The summed E-state index contributed by atoms with van der Waals surface area (Å²) in [5.41, 5.74) is 7.69. The molecule has 98 valence electrons. The van der Waals surface area contributed by atoms with Crippen molar-refractivity contribution in [3.8, 4) is 0 Å². The Labute approximate surface area is 112 Å². The topological polar surface area (TPSA) is 43.3 Å². The third-order valence-corrected chi connectivity index (χ3v) is 5.13. The molecule has 0 bridgehead atoms. The summed E-state index contributed by atoms with van der Waals surface area (Å²) in [6.45, 7) is 2.29. The van der Waals surface area contributed by atoms with Crippen LogP contribution in [-0.4, -0.2) is 14.9 Å². The van der Waals surface area contributed by atoms with E-state index in [2.05, 4.69) is 34.1 Å². The van der Waals surface area contributed by atoms with E-state index in [4.69, 9.17) is 5.73 Å². The van der Waals surface area contributed by atoms with Crippen LogP contribution in [0.3, 0.4) is 0 Å². The minimum Gasteiger partial charge on any atom is -0.325 e. The van der Waals surface area contributed by atoms with Crippen LogP contribution in [-0.2, 0) is 6.42 Å². The zero-order valence-corrected chi connectivity index (χ0v) is 11.7. The molecule has 0 spiro atoms. The van der Waals surface area contributed by atoms with E-state index in [9.17, 15) is 0 Å². The predicted molar refractivity (Wildman–Crippen MR) is 75.9 cm³/mol. The smallest absolute Gasteiger partial charge is 0.193 e. The molecule has 1 saturated carbocycles. The highest BCUT2D eigenvalue weighted by atomic mass is 32.1. The van der Waals surface area contributed by atoms with E-state index in [0.29, 0.717) is 0 Å². The van der Waals surface area contributed by atoms with E-state index < -0.39 is 0 Å². The standard InChI is InChI=1S/C14H21N3S/c1-2-11-3-5-14(15,6-4-11)9-12-10-17-7-8-18-13(17)16-12/h7-8,10-11H,2-6,9,15H2,1H3. The monoisotopic (exact) mass is 263 g/mol. The number of rotatable bonds is 3. The van der Waals surface area contributed by atoms with E-state index in [1.54, 1.807) is 11.3 Å². The third-order valence-electron chi connectivity index (χ3n) is 4.35. The second kappa shape index (κ2) is 4.67. The summed E-state index contributed by atoms with van der Waals surface area (Å²) >= 11 is 1.68. The lowest BCUT2D eigenvalue weighted by Gasteiger charge is -2.36. The average molecular weight is 263 g/mol. The second-order valence-electron chi connectivity index (χ2n) is 5.72. The van der Waals surface area contributed by atoms with Crippen LogP contribution < -0.4 is 5.73 Å². The third kappa shape index (κ3) is 2.31. The summed E-state index contributed by atoms with van der Waals surface area (Å²) in [5, 5.41) is 2.07. The molecule has 0 aliphatic heterocycles. The van der Waals surface area contributed by atoms with Gasteiger partial charge in [-0.25, -0.2) is 4.98 Å². The van der Waals surface area contributed by atoms with E-state index in [1.165, 1.54) is 19.3 Å². The number of nitrogens with zero attached hydrogens (tertiary/aromatic N) is 2. The van der Waals surface area contributed by atoms with Crippen molar-refractivity contribution in [2.24, 2.45) is 11.7 Å². The molecule has 2 N–H and O–H groups in total. The number of aromatic nitrogens is 2. The molecule has 2 aromatic heterocycles. The Bertz CT molecular complexity index is 491. The molecule has 0 aromatic carbocycles. The van der Waals surface area contributed by atoms with Crippen molar-refractivity contribution in [2.75, 3.05) is 0 Å². The molecule has 3 rings (SSSR count). The van der Waals surface area contributed by atoms with Crippen molar-refractivity contribution in [3.63, 3.8) is 0 Å². The van der Waals surface area contributed by atoms with E-state index in [0.717, 1.165) is 35.8 Å². The Morgan fingerprint density at radius 1 is 1.50 bits per heavy atom. The molecule has 4 heteroatoms. The van der Waals surface area contributed by atoms with E-state index >= 15 is 0 Å². The van der Waals surface area contributed by atoms with Crippen LogP contribution >= 0.6 is 11.3 Å². The summed E-state index contributed by atoms with van der Waals surface area (Å²) < 4.78 is 2.10. The predicted octanol–water partition coefficient (Wildman–Crippen LogP) is 3.24. The maximum Gasteiger partial charge on any atom is 0.193 e. The molecule has 1 fully saturated rings. The molecule has 3 nitrogen and oxygen atoms in total. The SMILES string of the molecule is CCC1CCC(N)(Cc2cn3ccsc3n2)CC1. The molecule has 2 aromatic rings. The second-order valence-corrected chi connectivity index (χ2v) is 6.59. The van der Waals surface area contributed by atoms with Crippen molar-refractivity contribution in [1.29, 1.82) is 0 Å². The molecule has 0 unspecified atom stereocenters. The van der Waals surface area contributed by atoms with Gasteiger partial charge in [0, 0.05) is 29.7 Å². The molecular weight excluding hydrogens is 242 g/mol. The first-order valence-electron chi connectivity index (χ1n) is 6.88. The maximum atomic E-state index is 6.55. The fourth-order valence-electron chi connectivity index (χ4n) is 3.06. The van der Waals surface area contributed by atoms with Gasteiger partial charge in [0.25, 0.3) is 0 Å². The Hall–Kier alpha value is -0.870. The number of thiazole rings is 1. The largest absolute Gasteiger partial charge is 0.325 e. The van der Waals surface area contributed by atoms with Crippen molar-refractivity contribution in [1.82, 2.24) is 9.38 Å². The van der Waals surface area contributed by atoms with Crippen molar-refractivity contribution >= 4 is 16.3 Å². The van der Waals surface area contributed by atoms with Crippen LogP contribution in [0.15, 0.2) is 17.8 Å². The molecule has 0 radical (unpaired) electrons. The van der Waals surface area contributed by atoms with E-state index in [1.807, 2.05) is 0 Å². The van der Waals surface area contributed by atoms with Gasteiger partial charge >= 0.3 is 0 Å². The fourth-order valence-corrected chi connectivity index (χ4v) is 3.78. The van der Waals surface area contributed by atoms with Gasteiger partial charge in [-0.1, -0.05) is 13.3 Å². The highest BCUT2D eigenvalue weighted by Gasteiger charge is 2.31. The van der Waals surface area contributed by atoms with Crippen LogP contribution in [0.2, 0.25) is 0 Å². The minimum absolute atomic E-state index is 0.0182. The number of hydrogen-bond donors (Lipinski definition) is 1. The van der Waals surface area contributed by atoms with Gasteiger partial charge in [0.05, 0.1) is 5.69 Å². The van der Waals surface area contributed by atoms with Gasteiger partial charge in [0.2, 0.25) is 0 Å².